The van der Waals surface area contributed by atoms with E-state index in [0.717, 1.165) is 54.9 Å². The molecule has 0 amide bonds. The minimum atomic E-state index is 0.384. The third-order valence-corrected chi connectivity index (χ3v) is 5.45. The maximum absolute atomic E-state index is 5.54. The standard InChI is InChI=1S/C22H22N6O/c1-2-27-12-14-28(15-13-27)21-18-11-7-6-10-17(18)19(24-25-21)22-23-20(26-29-22)16-8-4-3-5-9-16/h3-11H,2,12-15H2,1H3. The van der Waals surface area contributed by atoms with E-state index >= 15 is 0 Å². The van der Waals surface area contributed by atoms with Crippen LogP contribution >= 0.6 is 0 Å². The molecule has 2 aromatic carbocycles. The van der Waals surface area contributed by atoms with E-state index in [1.807, 2.05) is 48.5 Å². The first-order valence-electron chi connectivity index (χ1n) is 9.95. The molecule has 146 valence electrons. The van der Waals surface area contributed by atoms with Crippen LogP contribution in [-0.4, -0.2) is 58.0 Å². The van der Waals surface area contributed by atoms with E-state index in [-0.39, 0.29) is 0 Å². The van der Waals surface area contributed by atoms with Gasteiger partial charge in [0.2, 0.25) is 5.82 Å². The van der Waals surface area contributed by atoms with Gasteiger partial charge in [-0.3, -0.25) is 0 Å². The highest BCUT2D eigenvalue weighted by atomic mass is 16.5. The van der Waals surface area contributed by atoms with Crippen LogP contribution in [0.25, 0.3) is 33.7 Å². The normalized spacial score (nSPS) is 15.1. The lowest BCUT2D eigenvalue weighted by atomic mass is 10.1. The van der Waals surface area contributed by atoms with Crippen LogP contribution in [0.3, 0.4) is 0 Å². The summed E-state index contributed by atoms with van der Waals surface area (Å²) in [6, 6.07) is 17.9. The Morgan fingerprint density at radius 3 is 2.34 bits per heavy atom. The summed E-state index contributed by atoms with van der Waals surface area (Å²) in [4.78, 5) is 9.33. The molecule has 1 aliphatic heterocycles. The van der Waals surface area contributed by atoms with Crippen molar-refractivity contribution >= 4 is 16.6 Å². The molecule has 4 aromatic rings. The summed E-state index contributed by atoms with van der Waals surface area (Å²) in [5, 5.41) is 15.2. The lowest BCUT2D eigenvalue weighted by Crippen LogP contribution is -2.46. The van der Waals surface area contributed by atoms with Gasteiger partial charge in [-0.15, -0.1) is 10.2 Å². The van der Waals surface area contributed by atoms with Gasteiger partial charge in [0.05, 0.1) is 0 Å². The molecule has 0 atom stereocenters. The molecule has 0 unspecified atom stereocenters. The molecule has 0 aliphatic carbocycles. The Morgan fingerprint density at radius 2 is 1.59 bits per heavy atom. The molecular weight excluding hydrogens is 364 g/mol. The number of likely N-dealkylation sites (N-methyl/N-ethyl adjacent to an activating group) is 1. The average Bonchev–Trinajstić information content (AvgIpc) is 3.29. The van der Waals surface area contributed by atoms with E-state index in [2.05, 4.69) is 43.1 Å². The van der Waals surface area contributed by atoms with Crippen LogP contribution in [0.1, 0.15) is 6.92 Å². The highest BCUT2D eigenvalue weighted by molar-refractivity contribution is 5.99. The Kier molecular flexibility index (Phi) is 4.65. The Labute approximate surface area is 169 Å². The van der Waals surface area contributed by atoms with Gasteiger partial charge in [0.1, 0.15) is 0 Å². The zero-order valence-electron chi connectivity index (χ0n) is 16.3. The maximum atomic E-state index is 5.54. The molecule has 0 saturated carbocycles. The number of fused-ring (bicyclic) bond motifs is 1. The number of rotatable bonds is 4. The van der Waals surface area contributed by atoms with Gasteiger partial charge in [-0.1, -0.05) is 66.7 Å². The molecule has 7 heteroatoms. The Morgan fingerprint density at radius 1 is 0.862 bits per heavy atom. The summed E-state index contributed by atoms with van der Waals surface area (Å²) < 4.78 is 5.54. The lowest BCUT2D eigenvalue weighted by Gasteiger charge is -2.35. The second kappa shape index (κ2) is 7.60. The summed E-state index contributed by atoms with van der Waals surface area (Å²) in [5.74, 6) is 1.85. The molecule has 1 saturated heterocycles. The zero-order chi connectivity index (χ0) is 19.6. The molecule has 29 heavy (non-hydrogen) atoms. The lowest BCUT2D eigenvalue weighted by molar-refractivity contribution is 0.270. The smallest absolute Gasteiger partial charge is 0.279 e. The van der Waals surface area contributed by atoms with Gasteiger partial charge in [-0.25, -0.2) is 0 Å². The van der Waals surface area contributed by atoms with Gasteiger partial charge in [0.15, 0.2) is 11.5 Å². The van der Waals surface area contributed by atoms with Crippen LogP contribution < -0.4 is 4.90 Å². The first-order valence-corrected chi connectivity index (χ1v) is 9.95. The third-order valence-electron chi connectivity index (χ3n) is 5.45. The van der Waals surface area contributed by atoms with E-state index in [1.54, 1.807) is 0 Å². The van der Waals surface area contributed by atoms with Gasteiger partial charge in [0, 0.05) is 42.5 Å². The van der Waals surface area contributed by atoms with E-state index in [9.17, 15) is 0 Å². The van der Waals surface area contributed by atoms with Crippen molar-refractivity contribution in [2.45, 2.75) is 6.92 Å². The second-order valence-corrected chi connectivity index (χ2v) is 7.13. The van der Waals surface area contributed by atoms with E-state index in [1.165, 1.54) is 0 Å². The summed E-state index contributed by atoms with van der Waals surface area (Å²) in [6.45, 7) is 7.26. The van der Waals surface area contributed by atoms with Gasteiger partial charge >= 0.3 is 0 Å². The van der Waals surface area contributed by atoms with Crippen molar-refractivity contribution in [1.29, 1.82) is 0 Å². The van der Waals surface area contributed by atoms with Crippen molar-refractivity contribution < 1.29 is 4.52 Å². The molecule has 0 bridgehead atoms. The summed E-state index contributed by atoms with van der Waals surface area (Å²) >= 11 is 0. The molecule has 7 nitrogen and oxygen atoms in total. The van der Waals surface area contributed by atoms with Crippen molar-refractivity contribution in [1.82, 2.24) is 25.2 Å². The molecule has 1 aliphatic rings. The van der Waals surface area contributed by atoms with Crippen molar-refractivity contribution in [3.8, 4) is 23.0 Å². The minimum absolute atomic E-state index is 0.384. The molecule has 1 fully saturated rings. The van der Waals surface area contributed by atoms with Crippen molar-refractivity contribution in [2.75, 3.05) is 37.6 Å². The quantitative estimate of drug-likeness (QED) is 0.532. The van der Waals surface area contributed by atoms with Crippen LogP contribution in [-0.2, 0) is 0 Å². The fourth-order valence-corrected chi connectivity index (χ4v) is 3.78. The largest absolute Gasteiger partial charge is 0.352 e. The summed E-state index contributed by atoms with van der Waals surface area (Å²) in [6.07, 6.45) is 0. The van der Waals surface area contributed by atoms with Crippen molar-refractivity contribution in [2.24, 2.45) is 0 Å². The minimum Gasteiger partial charge on any atom is -0.352 e. The molecule has 0 N–H and O–H groups in total. The van der Waals surface area contributed by atoms with Gasteiger partial charge in [-0.05, 0) is 6.54 Å². The zero-order valence-corrected chi connectivity index (χ0v) is 16.3. The number of hydrogen-bond acceptors (Lipinski definition) is 7. The fraction of sp³-hybridized carbons (Fsp3) is 0.273. The van der Waals surface area contributed by atoms with Crippen LogP contribution in [0, 0.1) is 0 Å². The number of anilines is 1. The predicted molar refractivity (Wildman–Crippen MR) is 113 cm³/mol. The third kappa shape index (κ3) is 3.34. The summed E-state index contributed by atoms with van der Waals surface area (Å²) in [7, 11) is 0. The molecule has 0 spiro atoms. The van der Waals surface area contributed by atoms with E-state index in [0.29, 0.717) is 17.4 Å². The van der Waals surface area contributed by atoms with Crippen molar-refractivity contribution in [3.63, 3.8) is 0 Å². The van der Waals surface area contributed by atoms with E-state index < -0.39 is 0 Å². The van der Waals surface area contributed by atoms with E-state index in [4.69, 9.17) is 4.52 Å². The first-order chi connectivity index (χ1) is 14.3. The Bertz CT molecular complexity index is 1120. The Balaban J connectivity index is 1.53. The Hall–Kier alpha value is -3.32. The number of benzene rings is 2. The van der Waals surface area contributed by atoms with Crippen LogP contribution in [0.15, 0.2) is 59.1 Å². The van der Waals surface area contributed by atoms with Gasteiger partial charge in [0.25, 0.3) is 5.89 Å². The predicted octanol–water partition coefficient (Wildman–Crippen LogP) is 3.49. The maximum Gasteiger partial charge on any atom is 0.279 e. The molecule has 5 rings (SSSR count). The molecule has 3 heterocycles. The topological polar surface area (TPSA) is 71.2 Å². The second-order valence-electron chi connectivity index (χ2n) is 7.13. The monoisotopic (exact) mass is 386 g/mol. The van der Waals surface area contributed by atoms with Crippen LogP contribution in [0.4, 0.5) is 5.82 Å². The molecule has 0 radical (unpaired) electrons. The van der Waals surface area contributed by atoms with Crippen molar-refractivity contribution in [3.05, 3.63) is 54.6 Å². The highest BCUT2D eigenvalue weighted by Crippen LogP contribution is 2.31. The molecule has 2 aromatic heterocycles. The highest BCUT2D eigenvalue weighted by Gasteiger charge is 2.22. The van der Waals surface area contributed by atoms with Gasteiger partial charge < -0.3 is 14.3 Å². The molecular formula is C22H22N6O. The summed E-state index contributed by atoms with van der Waals surface area (Å²) in [5.41, 5.74) is 1.52. The number of aromatic nitrogens is 4. The number of piperazine rings is 1. The van der Waals surface area contributed by atoms with Gasteiger partial charge in [-0.2, -0.15) is 4.98 Å². The average molecular weight is 386 g/mol. The van der Waals surface area contributed by atoms with Crippen LogP contribution in [0.5, 0.6) is 0 Å². The van der Waals surface area contributed by atoms with Crippen LogP contribution in [0.2, 0.25) is 0 Å². The first kappa shape index (κ1) is 17.8. The fourth-order valence-electron chi connectivity index (χ4n) is 3.78. The number of hydrogen-bond donors (Lipinski definition) is 0. The SMILES string of the molecule is CCN1CCN(c2nnc(-c3nc(-c4ccccc4)no3)c3ccccc23)CC1. The number of nitrogens with zero attached hydrogens (tertiary/aromatic N) is 6.